The number of thiazole rings is 1. The Kier molecular flexibility index (Phi) is 3.14. The van der Waals surface area contributed by atoms with Crippen molar-refractivity contribution < 1.29 is 5.11 Å². The number of hydrogen-bond donors (Lipinski definition) is 1. The summed E-state index contributed by atoms with van der Waals surface area (Å²) in [6.45, 7) is 2.13. The molecule has 1 N–H and O–H groups in total. The van der Waals surface area contributed by atoms with Crippen molar-refractivity contribution in [1.82, 2.24) is 4.98 Å². The Morgan fingerprint density at radius 2 is 2.07 bits per heavy atom. The minimum absolute atomic E-state index is 0.124. The molecule has 0 saturated heterocycles. The van der Waals surface area contributed by atoms with E-state index in [2.05, 4.69) is 4.98 Å². The lowest BCUT2D eigenvalue weighted by molar-refractivity contribution is 0.271. The van der Waals surface area contributed by atoms with E-state index < -0.39 is 0 Å². The summed E-state index contributed by atoms with van der Waals surface area (Å²) < 4.78 is 0. The van der Waals surface area contributed by atoms with Crippen molar-refractivity contribution in [2.75, 3.05) is 6.61 Å². The molecule has 0 fully saturated rings. The quantitative estimate of drug-likeness (QED) is 0.861. The van der Waals surface area contributed by atoms with E-state index in [0.29, 0.717) is 0 Å². The average molecular weight is 219 g/mol. The maximum Gasteiger partial charge on any atom is 0.123 e. The van der Waals surface area contributed by atoms with Gasteiger partial charge in [-0.2, -0.15) is 0 Å². The van der Waals surface area contributed by atoms with Crippen LogP contribution in [0.1, 0.15) is 18.5 Å². The Bertz CT molecular complexity index is 424. The van der Waals surface area contributed by atoms with Gasteiger partial charge >= 0.3 is 0 Å². The fourth-order valence-electron chi connectivity index (χ4n) is 1.32. The number of nitrogens with zero attached hydrogens (tertiary/aromatic N) is 1. The van der Waals surface area contributed by atoms with Gasteiger partial charge in [0.25, 0.3) is 0 Å². The predicted molar refractivity (Wildman–Crippen MR) is 63.1 cm³/mol. The van der Waals surface area contributed by atoms with Crippen molar-refractivity contribution in [1.29, 1.82) is 0 Å². The summed E-state index contributed by atoms with van der Waals surface area (Å²) in [5.74, 6) is 0.124. The van der Waals surface area contributed by atoms with E-state index in [0.717, 1.165) is 16.3 Å². The number of aliphatic hydroxyl groups excluding tert-OH is 1. The summed E-state index contributed by atoms with van der Waals surface area (Å²) in [4.78, 5) is 4.51. The fourth-order valence-corrected chi connectivity index (χ4v) is 2.27. The van der Waals surface area contributed by atoms with E-state index in [4.69, 9.17) is 5.11 Å². The fraction of sp³-hybridized carbons (Fsp3) is 0.250. The van der Waals surface area contributed by atoms with E-state index in [9.17, 15) is 0 Å². The Hall–Kier alpha value is -1.19. The highest BCUT2D eigenvalue weighted by molar-refractivity contribution is 7.13. The molecular weight excluding hydrogens is 206 g/mol. The lowest BCUT2D eigenvalue weighted by Crippen LogP contribution is -1.98. The van der Waals surface area contributed by atoms with Crippen LogP contribution in [0.4, 0.5) is 0 Å². The molecule has 0 amide bonds. The van der Waals surface area contributed by atoms with E-state index in [-0.39, 0.29) is 12.5 Å². The maximum absolute atomic E-state index is 9.03. The molecule has 2 rings (SSSR count). The van der Waals surface area contributed by atoms with Crippen molar-refractivity contribution >= 4 is 11.3 Å². The third-order valence-electron chi connectivity index (χ3n) is 2.32. The largest absolute Gasteiger partial charge is 0.396 e. The Labute approximate surface area is 93.2 Å². The van der Waals surface area contributed by atoms with Gasteiger partial charge in [0, 0.05) is 16.9 Å². The van der Waals surface area contributed by atoms with Gasteiger partial charge in [-0.25, -0.2) is 4.98 Å². The minimum atomic E-state index is 0.124. The molecule has 2 aromatic rings. The van der Waals surface area contributed by atoms with Crippen molar-refractivity contribution in [3.8, 4) is 10.6 Å². The lowest BCUT2D eigenvalue weighted by Gasteiger charge is -2.01. The summed E-state index contributed by atoms with van der Waals surface area (Å²) in [7, 11) is 0. The highest BCUT2D eigenvalue weighted by Crippen LogP contribution is 2.26. The number of aliphatic hydroxyl groups is 1. The molecule has 1 aromatic heterocycles. The summed E-state index contributed by atoms with van der Waals surface area (Å²) >= 11 is 1.62. The second-order valence-electron chi connectivity index (χ2n) is 3.53. The molecule has 0 radical (unpaired) electrons. The molecule has 1 unspecified atom stereocenters. The number of aromatic nitrogens is 1. The zero-order valence-corrected chi connectivity index (χ0v) is 9.37. The van der Waals surface area contributed by atoms with Gasteiger partial charge in [0.05, 0.1) is 12.3 Å². The molecule has 0 aliphatic carbocycles. The van der Waals surface area contributed by atoms with Crippen molar-refractivity contribution in [2.45, 2.75) is 12.8 Å². The maximum atomic E-state index is 9.03. The first-order valence-electron chi connectivity index (χ1n) is 4.93. The van der Waals surface area contributed by atoms with Gasteiger partial charge in [0.2, 0.25) is 0 Å². The first kappa shape index (κ1) is 10.3. The first-order chi connectivity index (χ1) is 7.31. The molecule has 78 valence electrons. The molecule has 15 heavy (non-hydrogen) atoms. The molecule has 0 aliphatic rings. The normalized spacial score (nSPS) is 12.7. The van der Waals surface area contributed by atoms with E-state index in [1.165, 1.54) is 0 Å². The monoisotopic (exact) mass is 219 g/mol. The van der Waals surface area contributed by atoms with Crippen LogP contribution in [0.15, 0.2) is 35.7 Å². The zero-order chi connectivity index (χ0) is 10.7. The molecule has 0 aliphatic heterocycles. The first-order valence-corrected chi connectivity index (χ1v) is 5.81. The standard InChI is InChI=1S/C12H13NOS/c1-9(7-14)11-8-15-12(13-11)10-5-3-2-4-6-10/h2-6,8-9,14H,7H2,1H3. The highest BCUT2D eigenvalue weighted by Gasteiger charge is 2.09. The van der Waals surface area contributed by atoms with Crippen LogP contribution in [-0.4, -0.2) is 16.7 Å². The van der Waals surface area contributed by atoms with Crippen LogP contribution >= 0.6 is 11.3 Å². The van der Waals surface area contributed by atoms with Gasteiger partial charge < -0.3 is 5.11 Å². The number of benzene rings is 1. The highest BCUT2D eigenvalue weighted by atomic mass is 32.1. The molecule has 3 heteroatoms. The van der Waals surface area contributed by atoms with Crippen LogP contribution in [0.25, 0.3) is 10.6 Å². The van der Waals surface area contributed by atoms with E-state index >= 15 is 0 Å². The summed E-state index contributed by atoms with van der Waals surface area (Å²) in [6.07, 6.45) is 0. The topological polar surface area (TPSA) is 33.1 Å². The van der Waals surface area contributed by atoms with E-state index in [1.807, 2.05) is 42.6 Å². The lowest BCUT2D eigenvalue weighted by atomic mass is 10.1. The van der Waals surface area contributed by atoms with Crippen LogP contribution in [0.2, 0.25) is 0 Å². The molecule has 1 atom stereocenters. The van der Waals surface area contributed by atoms with Gasteiger partial charge in [0.15, 0.2) is 0 Å². The number of hydrogen-bond acceptors (Lipinski definition) is 3. The second-order valence-corrected chi connectivity index (χ2v) is 4.39. The van der Waals surface area contributed by atoms with Crippen LogP contribution in [0.3, 0.4) is 0 Å². The van der Waals surface area contributed by atoms with Gasteiger partial charge in [-0.1, -0.05) is 37.3 Å². The average Bonchev–Trinajstić information content (AvgIpc) is 2.78. The van der Waals surface area contributed by atoms with Crippen molar-refractivity contribution in [2.24, 2.45) is 0 Å². The number of rotatable bonds is 3. The second kappa shape index (κ2) is 4.55. The Morgan fingerprint density at radius 3 is 2.73 bits per heavy atom. The molecule has 0 saturated carbocycles. The third-order valence-corrected chi connectivity index (χ3v) is 3.23. The van der Waals surface area contributed by atoms with Gasteiger partial charge in [-0.05, 0) is 0 Å². The van der Waals surface area contributed by atoms with Crippen LogP contribution in [-0.2, 0) is 0 Å². The molecular formula is C12H13NOS. The van der Waals surface area contributed by atoms with Gasteiger partial charge in [-0.15, -0.1) is 11.3 Å². The van der Waals surface area contributed by atoms with Crippen molar-refractivity contribution in [3.05, 3.63) is 41.4 Å². The van der Waals surface area contributed by atoms with Crippen LogP contribution in [0, 0.1) is 0 Å². The zero-order valence-electron chi connectivity index (χ0n) is 8.55. The minimum Gasteiger partial charge on any atom is -0.396 e. The third kappa shape index (κ3) is 2.25. The smallest absolute Gasteiger partial charge is 0.123 e. The van der Waals surface area contributed by atoms with Crippen LogP contribution < -0.4 is 0 Å². The summed E-state index contributed by atoms with van der Waals surface area (Å²) in [5.41, 5.74) is 2.11. The van der Waals surface area contributed by atoms with Crippen LogP contribution in [0.5, 0.6) is 0 Å². The molecule has 0 bridgehead atoms. The Balaban J connectivity index is 2.28. The molecule has 1 aromatic carbocycles. The van der Waals surface area contributed by atoms with Gasteiger partial charge in [0.1, 0.15) is 5.01 Å². The van der Waals surface area contributed by atoms with Crippen molar-refractivity contribution in [3.63, 3.8) is 0 Å². The Morgan fingerprint density at radius 1 is 1.33 bits per heavy atom. The molecule has 2 nitrogen and oxygen atoms in total. The van der Waals surface area contributed by atoms with E-state index in [1.54, 1.807) is 11.3 Å². The predicted octanol–water partition coefficient (Wildman–Crippen LogP) is 2.91. The molecule has 1 heterocycles. The summed E-state index contributed by atoms with van der Waals surface area (Å²) in [6, 6.07) is 10.1. The summed E-state index contributed by atoms with van der Waals surface area (Å²) in [5, 5.41) is 12.1. The SMILES string of the molecule is CC(CO)c1csc(-c2ccccc2)n1. The molecule has 0 spiro atoms. The van der Waals surface area contributed by atoms with Gasteiger partial charge in [-0.3, -0.25) is 0 Å².